The number of rotatable bonds is 4. The maximum absolute atomic E-state index is 11.4. The normalized spacial score (nSPS) is 14.8. The lowest BCUT2D eigenvalue weighted by Gasteiger charge is -2.18. The van der Waals surface area contributed by atoms with Crippen LogP contribution < -0.4 is 0 Å². The van der Waals surface area contributed by atoms with Crippen LogP contribution in [0.2, 0.25) is 0 Å². The van der Waals surface area contributed by atoms with Crippen LogP contribution in [0.3, 0.4) is 0 Å². The Kier molecular flexibility index (Phi) is 7.84. The first-order chi connectivity index (χ1) is 10.9. The van der Waals surface area contributed by atoms with Crippen molar-refractivity contribution in [2.75, 3.05) is 0 Å². The van der Waals surface area contributed by atoms with Gasteiger partial charge in [0.1, 0.15) is 0 Å². The summed E-state index contributed by atoms with van der Waals surface area (Å²) in [5, 5.41) is 0.865. The number of nitrogens with zero attached hydrogens (tertiary/aromatic N) is 2. The second-order valence-corrected chi connectivity index (χ2v) is 5.62. The van der Waals surface area contributed by atoms with Crippen molar-refractivity contribution in [3.8, 4) is 0 Å². The predicted octanol–water partition coefficient (Wildman–Crippen LogP) is 2.45. The van der Waals surface area contributed by atoms with Gasteiger partial charge in [0.2, 0.25) is 5.05 Å². The van der Waals surface area contributed by atoms with Gasteiger partial charge in [0.15, 0.2) is 5.12 Å². The smallest absolute Gasteiger partial charge is 0.263 e. The fraction of sp³-hybridized carbons (Fsp3) is 0.400. The molecule has 124 valence electrons. The first-order valence-electron chi connectivity index (χ1n) is 7.07. The lowest BCUT2D eigenvalue weighted by atomic mass is 10.1. The number of carbonyl (C=O) groups excluding carboxylic acids is 3. The highest BCUT2D eigenvalue weighted by atomic mass is 32.1. The number of pyridine rings is 1. The van der Waals surface area contributed by atoms with Crippen LogP contribution in [0.4, 0.5) is 0 Å². The minimum absolute atomic E-state index is 0.0509. The van der Waals surface area contributed by atoms with Gasteiger partial charge in [-0.15, -0.1) is 17.7 Å². The van der Waals surface area contributed by atoms with Gasteiger partial charge in [-0.3, -0.25) is 19.4 Å². The molecule has 1 atom stereocenters. The minimum atomic E-state index is -0.351. The summed E-state index contributed by atoms with van der Waals surface area (Å²) in [6, 6.07) is 5.45. The molecular weight excluding hydrogens is 336 g/mol. The lowest BCUT2D eigenvalue weighted by Crippen LogP contribution is -2.33. The predicted molar refractivity (Wildman–Crippen MR) is 91.7 cm³/mol. The Balaban J connectivity index is 0.000000463. The molecule has 0 radical (unpaired) electrons. The van der Waals surface area contributed by atoms with Crippen LogP contribution in [0, 0.1) is 0 Å². The first kappa shape index (κ1) is 19.2. The number of hydroxylamine groups is 2. The van der Waals surface area contributed by atoms with Gasteiger partial charge in [-0.25, -0.2) is 0 Å². The first-order valence-corrected chi connectivity index (χ1v) is 7.92. The van der Waals surface area contributed by atoms with Crippen molar-refractivity contribution >= 4 is 46.8 Å². The molecule has 8 heteroatoms. The number of hydrogen-bond acceptors (Lipinski definition) is 6. The molecule has 2 amide bonds. The van der Waals surface area contributed by atoms with Crippen LogP contribution in [-0.2, 0) is 19.2 Å². The molecule has 1 saturated heterocycles. The Hall–Kier alpha value is -1.80. The summed E-state index contributed by atoms with van der Waals surface area (Å²) in [5.74, 6) is -0.964. The molecule has 0 aromatic carbocycles. The van der Waals surface area contributed by atoms with E-state index in [1.165, 1.54) is 0 Å². The second kappa shape index (κ2) is 9.36. The van der Waals surface area contributed by atoms with E-state index in [-0.39, 0.29) is 40.7 Å². The van der Waals surface area contributed by atoms with Gasteiger partial charge in [-0.1, -0.05) is 13.0 Å². The second-order valence-electron chi connectivity index (χ2n) is 4.72. The molecule has 1 aromatic rings. The van der Waals surface area contributed by atoms with Crippen molar-refractivity contribution in [3.63, 3.8) is 0 Å². The van der Waals surface area contributed by atoms with Crippen LogP contribution in [-0.4, -0.2) is 32.0 Å². The Morgan fingerprint density at radius 2 is 1.96 bits per heavy atom. The molecule has 0 saturated carbocycles. The van der Waals surface area contributed by atoms with Crippen molar-refractivity contribution in [2.45, 2.75) is 39.0 Å². The standard InChI is InChI=1S/C12H12N2O3S.C3H6OS/c1-8(9-4-2-3-7-13-9)12(18)17-14-10(15)5-6-11(14)16;1-2-3(4)5/h2-4,7-8H,5-6H2,1H3;2H2,1H3,(H,4,5). The van der Waals surface area contributed by atoms with Gasteiger partial charge >= 0.3 is 0 Å². The van der Waals surface area contributed by atoms with Crippen LogP contribution in [0.1, 0.15) is 44.7 Å². The van der Waals surface area contributed by atoms with Crippen LogP contribution >= 0.6 is 24.8 Å². The van der Waals surface area contributed by atoms with E-state index < -0.39 is 0 Å². The quantitative estimate of drug-likeness (QED) is 0.508. The number of thiocarbonyl (C=S) groups is 1. The van der Waals surface area contributed by atoms with Crippen molar-refractivity contribution in [1.82, 2.24) is 10.0 Å². The highest BCUT2D eigenvalue weighted by Gasteiger charge is 2.33. The molecule has 0 N–H and O–H groups in total. The molecule has 1 aliphatic rings. The van der Waals surface area contributed by atoms with E-state index in [0.29, 0.717) is 6.42 Å². The van der Waals surface area contributed by atoms with Gasteiger partial charge < -0.3 is 4.84 Å². The molecule has 2 heterocycles. The zero-order valence-corrected chi connectivity index (χ0v) is 14.6. The molecule has 6 nitrogen and oxygen atoms in total. The number of thiol groups is 1. The molecule has 1 unspecified atom stereocenters. The Morgan fingerprint density at radius 3 is 2.39 bits per heavy atom. The SMILES string of the molecule is CC(C(=S)ON1C(=O)CCC1=O)c1ccccn1.CCC(=O)S. The monoisotopic (exact) mass is 354 g/mol. The average molecular weight is 354 g/mol. The Labute approximate surface area is 145 Å². The summed E-state index contributed by atoms with van der Waals surface area (Å²) in [6.07, 6.45) is 2.54. The third kappa shape index (κ3) is 6.07. The summed E-state index contributed by atoms with van der Waals surface area (Å²) in [7, 11) is 0. The summed E-state index contributed by atoms with van der Waals surface area (Å²) in [6.45, 7) is 3.59. The minimum Gasteiger partial charge on any atom is -0.361 e. The van der Waals surface area contributed by atoms with Gasteiger partial charge in [-0.2, -0.15) is 0 Å². The maximum Gasteiger partial charge on any atom is 0.263 e. The van der Waals surface area contributed by atoms with E-state index in [1.54, 1.807) is 19.2 Å². The highest BCUT2D eigenvalue weighted by molar-refractivity contribution is 7.96. The molecule has 0 bridgehead atoms. The van der Waals surface area contributed by atoms with E-state index in [4.69, 9.17) is 17.1 Å². The Bertz CT molecular complexity index is 576. The van der Waals surface area contributed by atoms with Crippen molar-refractivity contribution in [1.29, 1.82) is 0 Å². The van der Waals surface area contributed by atoms with Gasteiger partial charge in [0, 0.05) is 25.5 Å². The number of aromatic nitrogens is 1. The topological polar surface area (TPSA) is 76.6 Å². The van der Waals surface area contributed by atoms with Gasteiger partial charge in [-0.05, 0) is 31.3 Å². The lowest BCUT2D eigenvalue weighted by molar-refractivity contribution is -0.167. The summed E-state index contributed by atoms with van der Waals surface area (Å²) >= 11 is 8.55. The molecule has 0 spiro atoms. The third-order valence-corrected chi connectivity index (χ3v) is 3.72. The van der Waals surface area contributed by atoms with E-state index in [9.17, 15) is 14.4 Å². The number of carbonyl (C=O) groups is 3. The van der Waals surface area contributed by atoms with Crippen LogP contribution in [0.25, 0.3) is 0 Å². The van der Waals surface area contributed by atoms with Gasteiger partial charge in [0.25, 0.3) is 11.8 Å². The fourth-order valence-corrected chi connectivity index (χ4v) is 1.78. The molecule has 2 rings (SSSR count). The molecule has 1 aromatic heterocycles. The number of imide groups is 1. The van der Waals surface area contributed by atoms with Gasteiger partial charge in [0.05, 0.1) is 11.6 Å². The Morgan fingerprint density at radius 1 is 1.39 bits per heavy atom. The van der Waals surface area contributed by atoms with Crippen molar-refractivity contribution in [3.05, 3.63) is 30.1 Å². The fourth-order valence-electron chi connectivity index (χ4n) is 1.58. The summed E-state index contributed by atoms with van der Waals surface area (Å²) < 4.78 is 0. The van der Waals surface area contributed by atoms with Crippen LogP contribution in [0.5, 0.6) is 0 Å². The number of amides is 2. The highest BCUT2D eigenvalue weighted by Crippen LogP contribution is 2.19. The summed E-state index contributed by atoms with van der Waals surface area (Å²) in [5.41, 5.74) is 0.738. The van der Waals surface area contributed by atoms with Crippen LogP contribution in [0.15, 0.2) is 24.4 Å². The van der Waals surface area contributed by atoms with E-state index in [2.05, 4.69) is 17.6 Å². The van der Waals surface area contributed by atoms with Crippen molar-refractivity contribution in [2.24, 2.45) is 0 Å². The zero-order chi connectivity index (χ0) is 17.4. The molecule has 1 aliphatic heterocycles. The van der Waals surface area contributed by atoms with E-state index in [0.717, 1.165) is 10.8 Å². The van der Waals surface area contributed by atoms with Crippen molar-refractivity contribution < 1.29 is 19.2 Å². The average Bonchev–Trinajstić information content (AvgIpc) is 2.87. The largest absolute Gasteiger partial charge is 0.361 e. The molecule has 0 aliphatic carbocycles. The van der Waals surface area contributed by atoms with E-state index in [1.807, 2.05) is 19.1 Å². The molecule has 1 fully saturated rings. The number of hydrogen-bond donors (Lipinski definition) is 1. The molecule has 23 heavy (non-hydrogen) atoms. The zero-order valence-electron chi connectivity index (χ0n) is 12.9. The summed E-state index contributed by atoms with van der Waals surface area (Å²) in [4.78, 5) is 41.8. The maximum atomic E-state index is 11.4. The van der Waals surface area contributed by atoms with E-state index >= 15 is 0 Å². The third-order valence-electron chi connectivity index (χ3n) is 2.97. The molecular formula is C15H18N2O4S2.